The monoisotopic (exact) mass is 422 g/mol. The molecule has 1 aromatic heterocycles. The van der Waals surface area contributed by atoms with E-state index in [0.29, 0.717) is 20.3 Å². The number of para-hydroxylation sites is 1. The van der Waals surface area contributed by atoms with Gasteiger partial charge in [-0.25, -0.2) is 8.42 Å². The number of anilines is 1. The summed E-state index contributed by atoms with van der Waals surface area (Å²) in [6, 6.07) is 6.71. The quantitative estimate of drug-likeness (QED) is 0.794. The minimum Gasteiger partial charge on any atom is -0.390 e. The average Bonchev–Trinajstić information content (AvgIpc) is 2.76. The molecule has 2 rings (SSSR count). The minimum absolute atomic E-state index is 0.103. The van der Waals surface area contributed by atoms with Crippen molar-refractivity contribution in [1.29, 1.82) is 0 Å². The maximum atomic E-state index is 12.3. The number of aryl methyl sites for hydroxylation is 1. The van der Waals surface area contributed by atoms with Crippen molar-refractivity contribution in [3.8, 4) is 0 Å². The van der Waals surface area contributed by atoms with E-state index in [2.05, 4.69) is 36.6 Å². The highest BCUT2D eigenvalue weighted by Crippen LogP contribution is 2.32. The Morgan fingerprint density at radius 3 is 2.40 bits per heavy atom. The molecule has 0 aliphatic rings. The van der Waals surface area contributed by atoms with Crippen LogP contribution in [0.2, 0.25) is 0 Å². The van der Waals surface area contributed by atoms with Crippen LogP contribution in [0.1, 0.15) is 5.69 Å². The molecule has 0 atom stereocenters. The van der Waals surface area contributed by atoms with Crippen molar-refractivity contribution in [2.45, 2.75) is 11.5 Å². The average molecular weight is 424 g/mol. The van der Waals surface area contributed by atoms with E-state index in [1.165, 1.54) is 12.3 Å². The highest BCUT2D eigenvalue weighted by Gasteiger charge is 2.19. The Labute approximate surface area is 133 Å². The molecule has 20 heavy (non-hydrogen) atoms. The molecule has 108 valence electrons. The van der Waals surface area contributed by atoms with Crippen LogP contribution in [0, 0.1) is 0 Å². The van der Waals surface area contributed by atoms with Crippen molar-refractivity contribution < 1.29 is 13.5 Å². The van der Waals surface area contributed by atoms with E-state index in [9.17, 15) is 8.42 Å². The van der Waals surface area contributed by atoms with Crippen molar-refractivity contribution in [2.24, 2.45) is 7.05 Å². The SMILES string of the molecule is Cn1cc(S(=O)(=O)Nc2c(Br)cccc2Br)cc1CO. The first-order chi connectivity index (χ1) is 9.35. The van der Waals surface area contributed by atoms with Gasteiger partial charge in [-0.3, -0.25) is 4.72 Å². The molecule has 0 unspecified atom stereocenters. The summed E-state index contributed by atoms with van der Waals surface area (Å²) < 4.78 is 30.0. The van der Waals surface area contributed by atoms with Gasteiger partial charge in [0, 0.05) is 27.9 Å². The maximum absolute atomic E-state index is 12.3. The van der Waals surface area contributed by atoms with E-state index in [0.717, 1.165) is 0 Å². The van der Waals surface area contributed by atoms with Crippen LogP contribution < -0.4 is 4.72 Å². The molecule has 0 aliphatic carbocycles. The Kier molecular flexibility index (Phi) is 4.58. The van der Waals surface area contributed by atoms with Crippen molar-refractivity contribution in [1.82, 2.24) is 4.57 Å². The summed E-state index contributed by atoms with van der Waals surface area (Å²) in [4.78, 5) is 0.103. The number of benzene rings is 1. The van der Waals surface area contributed by atoms with Crippen molar-refractivity contribution in [2.75, 3.05) is 4.72 Å². The number of sulfonamides is 1. The third-order valence-corrected chi connectivity index (χ3v) is 5.39. The van der Waals surface area contributed by atoms with Gasteiger partial charge < -0.3 is 9.67 Å². The number of nitrogens with zero attached hydrogens (tertiary/aromatic N) is 1. The predicted octanol–water partition coefficient (Wildman–Crippen LogP) is 2.84. The summed E-state index contributed by atoms with van der Waals surface area (Å²) in [5.74, 6) is 0. The Balaban J connectivity index is 2.41. The number of halogens is 2. The summed E-state index contributed by atoms with van der Waals surface area (Å²) >= 11 is 6.61. The van der Waals surface area contributed by atoms with E-state index in [4.69, 9.17) is 5.11 Å². The van der Waals surface area contributed by atoms with Crippen LogP contribution in [0.4, 0.5) is 5.69 Å². The first kappa shape index (κ1) is 15.6. The van der Waals surface area contributed by atoms with Crippen molar-refractivity contribution in [3.63, 3.8) is 0 Å². The lowest BCUT2D eigenvalue weighted by Crippen LogP contribution is -2.13. The number of aliphatic hydroxyl groups is 1. The van der Waals surface area contributed by atoms with Crippen LogP contribution in [0.15, 0.2) is 44.3 Å². The first-order valence-corrected chi connectivity index (χ1v) is 8.65. The second kappa shape index (κ2) is 5.88. The van der Waals surface area contributed by atoms with E-state index >= 15 is 0 Å². The van der Waals surface area contributed by atoms with Crippen LogP contribution in [0.25, 0.3) is 0 Å². The molecule has 0 radical (unpaired) electrons. The largest absolute Gasteiger partial charge is 0.390 e. The molecule has 2 N–H and O–H groups in total. The summed E-state index contributed by atoms with van der Waals surface area (Å²) in [6.07, 6.45) is 1.46. The zero-order chi connectivity index (χ0) is 14.9. The number of nitrogens with one attached hydrogen (secondary N) is 1. The normalized spacial score (nSPS) is 11.6. The van der Waals surface area contributed by atoms with Crippen molar-refractivity contribution >= 4 is 47.6 Å². The lowest BCUT2D eigenvalue weighted by Gasteiger charge is -2.10. The molecule has 0 amide bonds. The van der Waals surface area contributed by atoms with Gasteiger partial charge in [-0.2, -0.15) is 0 Å². The molecule has 0 saturated heterocycles. The number of aromatic nitrogens is 1. The van der Waals surface area contributed by atoms with Gasteiger partial charge >= 0.3 is 0 Å². The fourth-order valence-corrected chi connectivity index (χ4v) is 4.32. The third-order valence-electron chi connectivity index (χ3n) is 2.75. The number of aliphatic hydroxyl groups excluding tert-OH is 1. The fourth-order valence-electron chi connectivity index (χ4n) is 1.67. The lowest BCUT2D eigenvalue weighted by atomic mass is 10.3. The Morgan fingerprint density at radius 2 is 1.90 bits per heavy atom. The topological polar surface area (TPSA) is 71.3 Å². The highest BCUT2D eigenvalue weighted by molar-refractivity contribution is 9.11. The second-order valence-corrected chi connectivity index (χ2v) is 7.53. The molecular formula is C12H12Br2N2O3S. The molecule has 1 heterocycles. The zero-order valence-electron chi connectivity index (χ0n) is 10.5. The van der Waals surface area contributed by atoms with Gasteiger partial charge in [0.1, 0.15) is 4.90 Å². The first-order valence-electron chi connectivity index (χ1n) is 5.58. The van der Waals surface area contributed by atoms with E-state index in [-0.39, 0.29) is 11.5 Å². The highest BCUT2D eigenvalue weighted by atomic mass is 79.9. The molecule has 0 spiro atoms. The molecule has 0 saturated carbocycles. The Bertz CT molecular complexity index is 721. The van der Waals surface area contributed by atoms with Crippen LogP contribution in [-0.2, 0) is 23.7 Å². The fraction of sp³-hybridized carbons (Fsp3) is 0.167. The number of rotatable bonds is 4. The van der Waals surface area contributed by atoms with Crippen LogP contribution in [0.3, 0.4) is 0 Å². The standard InChI is InChI=1S/C12H12Br2N2O3S/c1-16-6-9(5-8(16)7-17)20(18,19)15-12-10(13)3-2-4-11(12)14/h2-6,15,17H,7H2,1H3. The Morgan fingerprint density at radius 1 is 1.30 bits per heavy atom. The molecule has 2 aromatic rings. The van der Waals surface area contributed by atoms with E-state index < -0.39 is 10.0 Å². The zero-order valence-corrected chi connectivity index (χ0v) is 14.5. The lowest BCUT2D eigenvalue weighted by molar-refractivity contribution is 0.272. The van der Waals surface area contributed by atoms with Gasteiger partial charge in [-0.15, -0.1) is 0 Å². The van der Waals surface area contributed by atoms with Gasteiger partial charge in [0.2, 0.25) is 0 Å². The second-order valence-electron chi connectivity index (χ2n) is 4.14. The smallest absolute Gasteiger partial charge is 0.263 e. The van der Waals surface area contributed by atoms with E-state index in [1.807, 2.05) is 0 Å². The van der Waals surface area contributed by atoms with Crippen LogP contribution in [-0.4, -0.2) is 18.1 Å². The summed E-state index contributed by atoms with van der Waals surface area (Å²) in [7, 11) is -2.03. The number of hydrogen-bond acceptors (Lipinski definition) is 3. The van der Waals surface area contributed by atoms with Gasteiger partial charge in [0.25, 0.3) is 10.0 Å². The molecule has 8 heteroatoms. The third kappa shape index (κ3) is 3.08. The molecule has 5 nitrogen and oxygen atoms in total. The molecule has 0 fully saturated rings. The summed E-state index contributed by atoms with van der Waals surface area (Å²) in [6.45, 7) is -0.218. The Hall–Kier alpha value is -0.830. The maximum Gasteiger partial charge on any atom is 0.263 e. The molecular weight excluding hydrogens is 412 g/mol. The van der Waals surface area contributed by atoms with Gasteiger partial charge in [-0.1, -0.05) is 6.07 Å². The summed E-state index contributed by atoms with van der Waals surface area (Å²) in [5, 5.41) is 9.12. The molecule has 0 bridgehead atoms. The van der Waals surface area contributed by atoms with Crippen LogP contribution >= 0.6 is 31.9 Å². The van der Waals surface area contributed by atoms with Gasteiger partial charge in [0.15, 0.2) is 0 Å². The summed E-state index contributed by atoms with van der Waals surface area (Å²) in [5.41, 5.74) is 0.957. The van der Waals surface area contributed by atoms with Gasteiger partial charge in [0.05, 0.1) is 12.3 Å². The number of hydrogen-bond donors (Lipinski definition) is 2. The van der Waals surface area contributed by atoms with Crippen LogP contribution in [0.5, 0.6) is 0 Å². The van der Waals surface area contributed by atoms with Gasteiger partial charge in [-0.05, 0) is 50.1 Å². The molecule has 1 aromatic carbocycles. The van der Waals surface area contributed by atoms with E-state index in [1.54, 1.807) is 29.8 Å². The predicted molar refractivity (Wildman–Crippen MR) is 84.0 cm³/mol. The minimum atomic E-state index is -3.71. The van der Waals surface area contributed by atoms with Crippen molar-refractivity contribution in [3.05, 3.63) is 45.1 Å². The molecule has 0 aliphatic heterocycles.